The van der Waals surface area contributed by atoms with Crippen molar-refractivity contribution < 1.29 is 22.7 Å². The van der Waals surface area contributed by atoms with Crippen LogP contribution < -0.4 is 9.46 Å². The maximum absolute atomic E-state index is 13.0. The minimum absolute atomic E-state index is 0. The molecule has 2 aromatic carbocycles. The summed E-state index contributed by atoms with van der Waals surface area (Å²) in [6.07, 6.45) is 6.23. The van der Waals surface area contributed by atoms with Gasteiger partial charge in [-0.25, -0.2) is 13.1 Å². The van der Waals surface area contributed by atoms with Crippen LogP contribution in [0.3, 0.4) is 0 Å². The third kappa shape index (κ3) is 7.32. The number of hydrogen-bond acceptors (Lipinski definition) is 5. The third-order valence-electron chi connectivity index (χ3n) is 4.76. The van der Waals surface area contributed by atoms with E-state index in [9.17, 15) is 18.0 Å². The molecule has 3 rings (SSSR count). The molecule has 1 radical (unpaired) electrons. The fourth-order valence-corrected chi connectivity index (χ4v) is 3.89. The molecule has 0 aliphatic heterocycles. The van der Waals surface area contributed by atoms with Gasteiger partial charge in [0, 0.05) is 58.4 Å². The first-order chi connectivity index (χ1) is 15.6. The first-order valence-electron chi connectivity index (χ1n) is 9.91. The Morgan fingerprint density at radius 2 is 1.79 bits per heavy atom. The molecule has 0 saturated carbocycles. The molecule has 0 saturated heterocycles. The van der Waals surface area contributed by atoms with Crippen molar-refractivity contribution in [2.24, 2.45) is 0 Å². The number of nitrogens with zero attached hydrogens (tertiary/aromatic N) is 1. The predicted molar refractivity (Wildman–Crippen MR) is 134 cm³/mol. The molecular formula is C24H23ClN2NaO5S. The van der Waals surface area contributed by atoms with Gasteiger partial charge < -0.3 is 9.30 Å². The van der Waals surface area contributed by atoms with Crippen LogP contribution in [-0.2, 0) is 16.6 Å². The van der Waals surface area contributed by atoms with Gasteiger partial charge in [0.1, 0.15) is 5.75 Å². The first-order valence-corrected chi connectivity index (χ1v) is 12.2. The quantitative estimate of drug-likeness (QED) is 0.369. The number of sulfonamides is 1. The number of carbonyl (C=O) groups excluding carboxylic acids is 2. The zero-order valence-electron chi connectivity index (χ0n) is 19.3. The number of benzene rings is 2. The number of nitrogens with one attached hydrogen (secondary N) is 1. The summed E-state index contributed by atoms with van der Waals surface area (Å²) in [6.45, 7) is 2.26. The van der Waals surface area contributed by atoms with Gasteiger partial charge >= 0.3 is 0 Å². The van der Waals surface area contributed by atoms with Gasteiger partial charge in [-0.3, -0.25) is 9.59 Å². The largest absolute Gasteiger partial charge is 0.497 e. The molecule has 0 fully saturated rings. The summed E-state index contributed by atoms with van der Waals surface area (Å²) in [5.74, 6) is -0.231. The van der Waals surface area contributed by atoms with E-state index in [1.54, 1.807) is 55.7 Å². The van der Waals surface area contributed by atoms with E-state index in [-0.39, 0.29) is 40.9 Å². The molecule has 1 heterocycles. The number of carbonyl (C=O) groups is 2. The SMILES string of the molecule is COc1ccc(C(=O)c2cc(C)cn2C/C=C/c2ccc(Cl)cc2C(=O)NS(C)(=O)=O)cc1.[Na]. The van der Waals surface area contributed by atoms with Crippen LogP contribution in [-0.4, -0.2) is 67.6 Å². The summed E-state index contributed by atoms with van der Waals surface area (Å²) in [6, 6.07) is 13.3. The van der Waals surface area contributed by atoms with E-state index >= 15 is 0 Å². The summed E-state index contributed by atoms with van der Waals surface area (Å²) in [5.41, 5.74) is 2.61. The van der Waals surface area contributed by atoms with Crippen LogP contribution in [0.5, 0.6) is 5.75 Å². The van der Waals surface area contributed by atoms with Gasteiger partial charge in [-0.1, -0.05) is 29.8 Å². The second-order valence-corrected chi connectivity index (χ2v) is 9.63. The van der Waals surface area contributed by atoms with Crippen LogP contribution in [0.4, 0.5) is 0 Å². The summed E-state index contributed by atoms with van der Waals surface area (Å²) < 4.78 is 31.8. The number of hydrogen-bond donors (Lipinski definition) is 1. The normalized spacial score (nSPS) is 11.2. The Morgan fingerprint density at radius 1 is 1.12 bits per heavy atom. The fraction of sp³-hybridized carbons (Fsp3) is 0.167. The van der Waals surface area contributed by atoms with E-state index in [1.165, 1.54) is 6.07 Å². The summed E-state index contributed by atoms with van der Waals surface area (Å²) in [7, 11) is -2.16. The van der Waals surface area contributed by atoms with Gasteiger partial charge in [-0.15, -0.1) is 0 Å². The van der Waals surface area contributed by atoms with Crippen LogP contribution in [0, 0.1) is 6.92 Å². The van der Waals surface area contributed by atoms with E-state index in [1.807, 2.05) is 28.5 Å². The Morgan fingerprint density at radius 3 is 2.41 bits per heavy atom. The third-order valence-corrected chi connectivity index (χ3v) is 5.55. The van der Waals surface area contributed by atoms with Crippen LogP contribution in [0.15, 0.2) is 60.8 Å². The van der Waals surface area contributed by atoms with Crippen LogP contribution >= 0.6 is 11.6 Å². The molecule has 3 aromatic rings. The molecule has 1 N–H and O–H groups in total. The van der Waals surface area contributed by atoms with Crippen molar-refractivity contribution in [2.45, 2.75) is 13.5 Å². The van der Waals surface area contributed by atoms with Crippen molar-refractivity contribution in [2.75, 3.05) is 13.4 Å². The number of methoxy groups -OCH3 is 1. The predicted octanol–water partition coefficient (Wildman–Crippen LogP) is 3.71. The number of ether oxygens (including phenoxy) is 1. The molecule has 0 unspecified atom stereocenters. The standard InChI is InChI=1S/C24H23ClN2O5S.Na/c1-16-13-22(23(28)18-7-10-20(32-2)11-8-18)27(15-16)12-4-5-17-6-9-19(25)14-21(17)24(29)26-33(3,30)31;/h4-11,13-15H,12H2,1-3H3,(H,26,29);/b5-4+;. The monoisotopic (exact) mass is 509 g/mol. The Bertz CT molecular complexity index is 1330. The number of halogens is 1. The minimum Gasteiger partial charge on any atom is -0.497 e. The fourth-order valence-electron chi connectivity index (χ4n) is 3.28. The second kappa shape index (κ2) is 11.9. The maximum Gasteiger partial charge on any atom is 0.265 e. The van der Waals surface area contributed by atoms with Gasteiger partial charge in [0.15, 0.2) is 0 Å². The van der Waals surface area contributed by atoms with E-state index in [4.69, 9.17) is 16.3 Å². The average molecular weight is 510 g/mol. The van der Waals surface area contributed by atoms with Crippen molar-refractivity contribution in [3.63, 3.8) is 0 Å². The number of rotatable bonds is 8. The van der Waals surface area contributed by atoms with E-state index in [0.717, 1.165) is 11.8 Å². The molecule has 10 heteroatoms. The summed E-state index contributed by atoms with van der Waals surface area (Å²) >= 11 is 5.99. The first kappa shape index (κ1) is 27.9. The molecular weight excluding hydrogens is 487 g/mol. The smallest absolute Gasteiger partial charge is 0.265 e. The second-order valence-electron chi connectivity index (χ2n) is 7.45. The van der Waals surface area contributed by atoms with Crippen LogP contribution in [0.25, 0.3) is 6.08 Å². The Balaban J connectivity index is 0.00000408. The molecule has 1 aromatic heterocycles. The molecule has 7 nitrogen and oxygen atoms in total. The molecule has 0 aliphatic carbocycles. The van der Waals surface area contributed by atoms with Crippen molar-refractivity contribution in [1.29, 1.82) is 0 Å². The van der Waals surface area contributed by atoms with Gasteiger partial charge in [-0.2, -0.15) is 0 Å². The average Bonchev–Trinajstić information content (AvgIpc) is 3.13. The minimum atomic E-state index is -3.72. The molecule has 0 bridgehead atoms. The summed E-state index contributed by atoms with van der Waals surface area (Å²) in [4.78, 5) is 25.4. The van der Waals surface area contributed by atoms with E-state index in [0.29, 0.717) is 34.1 Å². The van der Waals surface area contributed by atoms with Gasteiger partial charge in [0.2, 0.25) is 15.8 Å². The Labute approximate surface area is 226 Å². The van der Waals surface area contributed by atoms with Crippen molar-refractivity contribution >= 4 is 68.9 Å². The Hall–Kier alpha value is -2.36. The number of aryl methyl sites for hydroxylation is 1. The molecule has 1 amide bonds. The molecule has 173 valence electrons. The van der Waals surface area contributed by atoms with Crippen molar-refractivity contribution in [1.82, 2.24) is 9.29 Å². The Kier molecular flexibility index (Phi) is 9.73. The molecule has 34 heavy (non-hydrogen) atoms. The number of aromatic nitrogens is 1. The maximum atomic E-state index is 13.0. The molecule has 0 atom stereocenters. The number of ketones is 1. The zero-order chi connectivity index (χ0) is 24.2. The van der Waals surface area contributed by atoms with Gasteiger partial charge in [-0.05, 0) is 60.5 Å². The van der Waals surface area contributed by atoms with Crippen molar-refractivity contribution in [3.8, 4) is 5.75 Å². The van der Waals surface area contributed by atoms with Crippen LogP contribution in [0.2, 0.25) is 5.02 Å². The molecule has 0 aliphatic rings. The topological polar surface area (TPSA) is 94.5 Å². The van der Waals surface area contributed by atoms with Gasteiger partial charge in [0.25, 0.3) is 5.91 Å². The number of allylic oxidation sites excluding steroid dienone is 1. The zero-order valence-corrected chi connectivity index (χ0v) is 22.9. The molecule has 0 spiro atoms. The number of amides is 1. The summed E-state index contributed by atoms with van der Waals surface area (Å²) in [5, 5.41) is 0.305. The van der Waals surface area contributed by atoms with E-state index < -0.39 is 15.9 Å². The van der Waals surface area contributed by atoms with Gasteiger partial charge in [0.05, 0.1) is 19.1 Å². The van der Waals surface area contributed by atoms with Crippen molar-refractivity contribution in [3.05, 3.63) is 93.8 Å². The van der Waals surface area contributed by atoms with Crippen LogP contribution in [0.1, 0.15) is 37.5 Å². The van der Waals surface area contributed by atoms with E-state index in [2.05, 4.69) is 0 Å².